The maximum Gasteiger partial charge on any atom is 0.416 e. The largest absolute Gasteiger partial charge is 0.416 e. The number of alkyl halides is 3. The molecule has 0 aliphatic carbocycles. The molecule has 0 saturated carbocycles. The Labute approximate surface area is 120 Å². The summed E-state index contributed by atoms with van der Waals surface area (Å²) in [6, 6.07) is 2.46. The Hall–Kier alpha value is -1.63. The number of carbonyl (C=O) groups is 1. The van der Waals surface area contributed by atoms with E-state index in [9.17, 15) is 22.4 Å². The van der Waals surface area contributed by atoms with E-state index in [4.69, 9.17) is 0 Å². The second-order valence-corrected chi connectivity index (χ2v) is 5.06. The van der Waals surface area contributed by atoms with Crippen LogP contribution in [0, 0.1) is 11.7 Å². The number of amides is 1. The minimum absolute atomic E-state index is 0.127. The van der Waals surface area contributed by atoms with Crippen molar-refractivity contribution in [3.05, 3.63) is 35.1 Å². The number of nitrogens with one attached hydrogen (secondary N) is 1. The third kappa shape index (κ3) is 5.34. The molecule has 1 amide bonds. The summed E-state index contributed by atoms with van der Waals surface area (Å²) >= 11 is 0. The Morgan fingerprint density at radius 2 is 1.95 bits per heavy atom. The third-order valence-electron chi connectivity index (χ3n) is 3.02. The topological polar surface area (TPSA) is 32.3 Å². The van der Waals surface area contributed by atoms with Crippen LogP contribution in [0.15, 0.2) is 18.2 Å². The maximum atomic E-state index is 13.3. The highest BCUT2D eigenvalue weighted by molar-refractivity contribution is 5.78. The summed E-state index contributed by atoms with van der Waals surface area (Å²) in [5, 5.41) is 2.50. The van der Waals surface area contributed by atoms with E-state index in [1.54, 1.807) is 18.9 Å². The molecule has 21 heavy (non-hydrogen) atoms. The van der Waals surface area contributed by atoms with E-state index in [0.29, 0.717) is 12.6 Å². The summed E-state index contributed by atoms with van der Waals surface area (Å²) in [7, 11) is 3.18. The van der Waals surface area contributed by atoms with E-state index in [0.717, 1.165) is 12.1 Å². The molecular formula is C14H18F4N2O. The van der Waals surface area contributed by atoms with Crippen LogP contribution >= 0.6 is 0 Å². The van der Waals surface area contributed by atoms with Crippen LogP contribution in [0.2, 0.25) is 0 Å². The average molecular weight is 306 g/mol. The minimum atomic E-state index is -4.58. The van der Waals surface area contributed by atoms with Crippen molar-refractivity contribution in [3.63, 3.8) is 0 Å². The van der Waals surface area contributed by atoms with Gasteiger partial charge in [-0.05, 0) is 30.8 Å². The van der Waals surface area contributed by atoms with Gasteiger partial charge in [-0.2, -0.15) is 13.2 Å². The van der Waals surface area contributed by atoms with Crippen LogP contribution in [0.1, 0.15) is 18.1 Å². The summed E-state index contributed by atoms with van der Waals surface area (Å²) in [5.74, 6) is -1.39. The summed E-state index contributed by atoms with van der Waals surface area (Å²) in [6.07, 6.45) is -4.58. The van der Waals surface area contributed by atoms with Crippen molar-refractivity contribution >= 4 is 5.91 Å². The quantitative estimate of drug-likeness (QED) is 0.848. The first-order valence-electron chi connectivity index (χ1n) is 6.40. The molecule has 0 fully saturated rings. The Balaban J connectivity index is 2.79. The molecule has 0 aromatic heterocycles. The van der Waals surface area contributed by atoms with Crippen molar-refractivity contribution in [2.45, 2.75) is 19.6 Å². The zero-order valence-electron chi connectivity index (χ0n) is 12.1. The van der Waals surface area contributed by atoms with Gasteiger partial charge in [-0.3, -0.25) is 4.79 Å². The molecule has 1 N–H and O–H groups in total. The molecule has 1 aromatic carbocycles. The number of nitrogens with zero attached hydrogens (tertiary/aromatic N) is 1. The first-order valence-corrected chi connectivity index (χ1v) is 6.40. The molecule has 0 unspecified atom stereocenters. The Morgan fingerprint density at radius 3 is 2.48 bits per heavy atom. The smallest absolute Gasteiger partial charge is 0.359 e. The molecular weight excluding hydrogens is 288 g/mol. The van der Waals surface area contributed by atoms with Gasteiger partial charge < -0.3 is 10.2 Å². The van der Waals surface area contributed by atoms with Crippen LogP contribution in [0.4, 0.5) is 17.6 Å². The molecule has 0 aliphatic heterocycles. The molecule has 0 aliphatic rings. The summed E-state index contributed by atoms with van der Waals surface area (Å²) < 4.78 is 51.1. The highest BCUT2D eigenvalue weighted by atomic mass is 19.4. The molecule has 118 valence electrons. The van der Waals surface area contributed by atoms with Gasteiger partial charge in [0.05, 0.1) is 5.56 Å². The van der Waals surface area contributed by atoms with Crippen molar-refractivity contribution in [2.24, 2.45) is 5.92 Å². The number of carbonyl (C=O) groups excluding carboxylic acids is 1. The van der Waals surface area contributed by atoms with Crippen LogP contribution in [0.25, 0.3) is 0 Å². The van der Waals surface area contributed by atoms with Gasteiger partial charge in [0.1, 0.15) is 5.82 Å². The van der Waals surface area contributed by atoms with E-state index in [-0.39, 0.29) is 23.9 Å². The Bertz CT molecular complexity index is 502. The number of halogens is 4. The van der Waals surface area contributed by atoms with Gasteiger partial charge in [-0.1, -0.05) is 6.92 Å². The van der Waals surface area contributed by atoms with Gasteiger partial charge in [-0.15, -0.1) is 0 Å². The zero-order valence-corrected chi connectivity index (χ0v) is 12.1. The predicted octanol–water partition coefficient (Wildman–Crippen LogP) is 2.66. The van der Waals surface area contributed by atoms with E-state index in [1.807, 2.05) is 0 Å². The second-order valence-electron chi connectivity index (χ2n) is 5.06. The highest BCUT2D eigenvalue weighted by Crippen LogP contribution is 2.30. The first-order chi connectivity index (χ1) is 9.63. The lowest BCUT2D eigenvalue weighted by molar-refractivity contribution is -0.137. The molecule has 0 heterocycles. The normalized spacial score (nSPS) is 13.3. The van der Waals surface area contributed by atoms with Gasteiger partial charge in [-0.25, -0.2) is 4.39 Å². The van der Waals surface area contributed by atoms with E-state index < -0.39 is 17.6 Å². The number of hydrogen-bond acceptors (Lipinski definition) is 2. The molecule has 1 atom stereocenters. The van der Waals surface area contributed by atoms with Gasteiger partial charge in [0.15, 0.2) is 0 Å². The van der Waals surface area contributed by atoms with Crippen LogP contribution in [-0.2, 0) is 17.5 Å². The lowest BCUT2D eigenvalue weighted by atomic mass is 10.1. The van der Waals surface area contributed by atoms with E-state index >= 15 is 0 Å². The van der Waals surface area contributed by atoms with Crippen LogP contribution in [0.5, 0.6) is 0 Å². The number of hydrogen-bond donors (Lipinski definition) is 1. The maximum absolute atomic E-state index is 13.3. The van der Waals surface area contributed by atoms with Gasteiger partial charge >= 0.3 is 6.18 Å². The SMILES string of the molecule is CNC(=O)[C@H](C)CN(C)Cc1cc(F)cc(C(F)(F)F)c1. The van der Waals surface area contributed by atoms with Crippen molar-refractivity contribution < 1.29 is 22.4 Å². The highest BCUT2D eigenvalue weighted by Gasteiger charge is 2.31. The second kappa shape index (κ2) is 6.89. The monoisotopic (exact) mass is 306 g/mol. The standard InChI is InChI=1S/C14H18F4N2O/c1-9(13(21)19-2)7-20(3)8-10-4-11(14(16,17)18)6-12(15)5-10/h4-6,9H,7-8H2,1-3H3,(H,19,21)/t9-/m1/s1. The molecule has 0 spiro atoms. The average Bonchev–Trinajstić information content (AvgIpc) is 2.35. The minimum Gasteiger partial charge on any atom is -0.359 e. The molecule has 1 rings (SSSR count). The molecule has 0 bridgehead atoms. The lowest BCUT2D eigenvalue weighted by Gasteiger charge is -2.21. The number of benzene rings is 1. The molecule has 7 heteroatoms. The first kappa shape index (κ1) is 17.4. The molecule has 3 nitrogen and oxygen atoms in total. The molecule has 0 radical (unpaired) electrons. The van der Waals surface area contributed by atoms with Crippen molar-refractivity contribution in [3.8, 4) is 0 Å². The fraction of sp³-hybridized carbons (Fsp3) is 0.500. The van der Waals surface area contributed by atoms with Crippen molar-refractivity contribution in [2.75, 3.05) is 20.6 Å². The Morgan fingerprint density at radius 1 is 1.33 bits per heavy atom. The van der Waals surface area contributed by atoms with Gasteiger partial charge in [0, 0.05) is 26.1 Å². The molecule has 0 saturated heterocycles. The van der Waals surface area contributed by atoms with Crippen molar-refractivity contribution in [1.82, 2.24) is 10.2 Å². The third-order valence-corrected chi connectivity index (χ3v) is 3.02. The van der Waals surface area contributed by atoms with Crippen LogP contribution < -0.4 is 5.32 Å². The van der Waals surface area contributed by atoms with Gasteiger partial charge in [0.2, 0.25) is 5.91 Å². The van der Waals surface area contributed by atoms with E-state index in [1.165, 1.54) is 7.05 Å². The predicted molar refractivity (Wildman–Crippen MR) is 71.0 cm³/mol. The number of rotatable bonds is 5. The Kier molecular flexibility index (Phi) is 5.71. The lowest BCUT2D eigenvalue weighted by Crippen LogP contribution is -2.34. The summed E-state index contributed by atoms with van der Waals surface area (Å²) in [5.41, 5.74) is -0.792. The van der Waals surface area contributed by atoms with Crippen LogP contribution in [0.3, 0.4) is 0 Å². The van der Waals surface area contributed by atoms with E-state index in [2.05, 4.69) is 5.32 Å². The molecule has 1 aromatic rings. The fourth-order valence-electron chi connectivity index (χ4n) is 2.08. The fourth-order valence-corrected chi connectivity index (χ4v) is 2.08. The summed E-state index contributed by atoms with van der Waals surface area (Å²) in [4.78, 5) is 13.1. The zero-order chi connectivity index (χ0) is 16.2. The van der Waals surface area contributed by atoms with Gasteiger partial charge in [0.25, 0.3) is 0 Å². The van der Waals surface area contributed by atoms with Crippen molar-refractivity contribution in [1.29, 1.82) is 0 Å². The van der Waals surface area contributed by atoms with Crippen LogP contribution in [-0.4, -0.2) is 31.4 Å². The summed E-state index contributed by atoms with van der Waals surface area (Å²) in [6.45, 7) is 2.20.